The summed E-state index contributed by atoms with van der Waals surface area (Å²) in [5.74, 6) is 0.379. The van der Waals surface area contributed by atoms with Crippen LogP contribution in [0, 0.1) is 0 Å². The van der Waals surface area contributed by atoms with Crippen molar-refractivity contribution < 1.29 is 8.42 Å². The van der Waals surface area contributed by atoms with Gasteiger partial charge in [-0.3, -0.25) is 0 Å². The van der Waals surface area contributed by atoms with E-state index in [0.29, 0.717) is 11.8 Å². The molecular weight excluding hydrogens is 210 g/mol. The SMILES string of the molecule is CNC(C)CCCS(=O)(=O)C1CCCC1. The predicted molar refractivity (Wildman–Crippen MR) is 63.8 cm³/mol. The minimum absolute atomic E-state index is 0.0256. The summed E-state index contributed by atoms with van der Waals surface area (Å²) in [6.07, 6.45) is 5.71. The van der Waals surface area contributed by atoms with Crippen LogP contribution in [-0.2, 0) is 9.84 Å². The minimum atomic E-state index is -2.79. The van der Waals surface area contributed by atoms with E-state index in [4.69, 9.17) is 0 Å². The van der Waals surface area contributed by atoms with Crippen molar-refractivity contribution in [2.75, 3.05) is 12.8 Å². The Hall–Kier alpha value is -0.0900. The first-order valence-corrected chi connectivity index (χ1v) is 7.66. The molecule has 1 rings (SSSR count). The molecule has 0 amide bonds. The molecular formula is C11H23NO2S. The summed E-state index contributed by atoms with van der Waals surface area (Å²) >= 11 is 0. The van der Waals surface area contributed by atoms with Gasteiger partial charge in [0, 0.05) is 6.04 Å². The second kappa shape index (κ2) is 5.85. The lowest BCUT2D eigenvalue weighted by atomic mass is 10.2. The standard InChI is InChI=1S/C11H23NO2S/c1-10(12-2)6-5-9-15(13,14)11-7-3-4-8-11/h10-12H,3-9H2,1-2H3. The van der Waals surface area contributed by atoms with Gasteiger partial charge in [-0.2, -0.15) is 0 Å². The maximum atomic E-state index is 11.9. The number of hydrogen-bond donors (Lipinski definition) is 1. The summed E-state index contributed by atoms with van der Waals surface area (Å²) in [5.41, 5.74) is 0. The van der Waals surface area contributed by atoms with Gasteiger partial charge in [0.25, 0.3) is 0 Å². The van der Waals surface area contributed by atoms with Gasteiger partial charge in [0.05, 0.1) is 11.0 Å². The number of nitrogens with one attached hydrogen (secondary N) is 1. The average molecular weight is 233 g/mol. The van der Waals surface area contributed by atoms with E-state index in [1.165, 1.54) is 0 Å². The molecule has 1 atom stereocenters. The molecule has 0 radical (unpaired) electrons. The Morgan fingerprint density at radius 3 is 2.47 bits per heavy atom. The van der Waals surface area contributed by atoms with Crippen molar-refractivity contribution in [3.05, 3.63) is 0 Å². The van der Waals surface area contributed by atoms with E-state index in [1.54, 1.807) is 0 Å². The highest BCUT2D eigenvalue weighted by Gasteiger charge is 2.27. The zero-order valence-corrected chi connectivity index (χ0v) is 10.6. The molecule has 1 aliphatic rings. The molecule has 0 bridgehead atoms. The first-order chi connectivity index (χ1) is 7.06. The molecule has 0 aromatic heterocycles. The fourth-order valence-electron chi connectivity index (χ4n) is 2.15. The van der Waals surface area contributed by atoms with Gasteiger partial charge in [-0.25, -0.2) is 8.42 Å². The summed E-state index contributed by atoms with van der Waals surface area (Å²) in [6, 6.07) is 0.420. The lowest BCUT2D eigenvalue weighted by molar-refractivity contribution is 0.543. The molecule has 90 valence electrons. The molecule has 3 nitrogen and oxygen atoms in total. The van der Waals surface area contributed by atoms with Crippen molar-refractivity contribution in [2.45, 2.75) is 56.7 Å². The molecule has 0 spiro atoms. The fourth-order valence-corrected chi connectivity index (χ4v) is 4.10. The Balaban J connectivity index is 2.30. The normalized spacial score (nSPS) is 20.7. The number of sulfone groups is 1. The second-order valence-electron chi connectivity index (χ2n) is 4.61. The number of hydrogen-bond acceptors (Lipinski definition) is 3. The molecule has 1 unspecified atom stereocenters. The largest absolute Gasteiger partial charge is 0.317 e. The van der Waals surface area contributed by atoms with Gasteiger partial charge >= 0.3 is 0 Å². The van der Waals surface area contributed by atoms with E-state index in [9.17, 15) is 8.42 Å². The zero-order chi connectivity index (χ0) is 11.3. The van der Waals surface area contributed by atoms with Gasteiger partial charge in [0.15, 0.2) is 9.84 Å². The minimum Gasteiger partial charge on any atom is -0.317 e. The van der Waals surface area contributed by atoms with Crippen molar-refractivity contribution in [1.82, 2.24) is 5.32 Å². The van der Waals surface area contributed by atoms with Crippen LogP contribution >= 0.6 is 0 Å². The lowest BCUT2D eigenvalue weighted by Crippen LogP contribution is -2.24. The molecule has 1 aliphatic carbocycles. The molecule has 0 heterocycles. The predicted octanol–water partition coefficient (Wildman–Crippen LogP) is 1.73. The van der Waals surface area contributed by atoms with Crippen LogP contribution in [0.5, 0.6) is 0 Å². The van der Waals surface area contributed by atoms with Crippen molar-refractivity contribution in [1.29, 1.82) is 0 Å². The van der Waals surface area contributed by atoms with Gasteiger partial charge < -0.3 is 5.32 Å². The van der Waals surface area contributed by atoms with Gasteiger partial charge in [0.1, 0.15) is 0 Å². The average Bonchev–Trinajstić information content (AvgIpc) is 2.70. The molecule has 1 fully saturated rings. The van der Waals surface area contributed by atoms with E-state index in [1.807, 2.05) is 7.05 Å². The van der Waals surface area contributed by atoms with E-state index >= 15 is 0 Å². The van der Waals surface area contributed by atoms with Crippen LogP contribution in [0.1, 0.15) is 45.4 Å². The molecule has 0 aromatic rings. The highest BCUT2D eigenvalue weighted by atomic mass is 32.2. The van der Waals surface area contributed by atoms with Crippen LogP contribution < -0.4 is 5.32 Å². The topological polar surface area (TPSA) is 46.2 Å². The van der Waals surface area contributed by atoms with Crippen LogP contribution in [0.4, 0.5) is 0 Å². The first kappa shape index (κ1) is 13.0. The van der Waals surface area contributed by atoms with Gasteiger partial charge in [-0.05, 0) is 39.7 Å². The molecule has 1 saturated carbocycles. The maximum absolute atomic E-state index is 11.9. The van der Waals surface area contributed by atoms with Crippen molar-refractivity contribution >= 4 is 9.84 Å². The summed E-state index contributed by atoms with van der Waals surface area (Å²) in [7, 11) is -0.879. The third kappa shape index (κ3) is 4.11. The Morgan fingerprint density at radius 2 is 1.93 bits per heavy atom. The molecule has 4 heteroatoms. The fraction of sp³-hybridized carbons (Fsp3) is 1.00. The van der Waals surface area contributed by atoms with Crippen molar-refractivity contribution in [3.8, 4) is 0 Å². The third-order valence-electron chi connectivity index (χ3n) is 3.37. The Kier molecular flexibility index (Phi) is 5.06. The molecule has 0 aliphatic heterocycles. The van der Waals surface area contributed by atoms with Crippen LogP contribution in [0.25, 0.3) is 0 Å². The highest BCUT2D eigenvalue weighted by molar-refractivity contribution is 7.92. The van der Waals surface area contributed by atoms with Crippen molar-refractivity contribution in [3.63, 3.8) is 0 Å². The first-order valence-electron chi connectivity index (χ1n) is 5.95. The Labute approximate surface area is 93.6 Å². The Morgan fingerprint density at radius 1 is 1.33 bits per heavy atom. The van der Waals surface area contributed by atoms with Crippen LogP contribution in [0.15, 0.2) is 0 Å². The van der Waals surface area contributed by atoms with E-state index in [0.717, 1.165) is 38.5 Å². The van der Waals surface area contributed by atoms with E-state index in [-0.39, 0.29) is 5.25 Å². The molecule has 15 heavy (non-hydrogen) atoms. The quantitative estimate of drug-likeness (QED) is 0.760. The highest BCUT2D eigenvalue weighted by Crippen LogP contribution is 2.25. The summed E-state index contributed by atoms with van der Waals surface area (Å²) in [4.78, 5) is 0. The molecule has 0 aromatic carbocycles. The zero-order valence-electron chi connectivity index (χ0n) is 9.83. The lowest BCUT2D eigenvalue weighted by Gasteiger charge is -2.13. The Bertz CT molecular complexity index is 268. The summed E-state index contributed by atoms with van der Waals surface area (Å²) < 4.78 is 23.8. The van der Waals surface area contributed by atoms with Gasteiger partial charge in [-0.1, -0.05) is 12.8 Å². The van der Waals surface area contributed by atoms with Gasteiger partial charge in [0.2, 0.25) is 0 Å². The van der Waals surface area contributed by atoms with E-state index < -0.39 is 9.84 Å². The second-order valence-corrected chi connectivity index (χ2v) is 7.01. The molecule has 1 N–H and O–H groups in total. The van der Waals surface area contributed by atoms with Crippen molar-refractivity contribution in [2.24, 2.45) is 0 Å². The monoisotopic (exact) mass is 233 g/mol. The smallest absolute Gasteiger partial charge is 0.153 e. The number of rotatable bonds is 6. The third-order valence-corrected chi connectivity index (χ3v) is 5.71. The molecule has 0 saturated heterocycles. The van der Waals surface area contributed by atoms with Crippen LogP contribution in [-0.4, -0.2) is 32.5 Å². The van der Waals surface area contributed by atoms with Gasteiger partial charge in [-0.15, -0.1) is 0 Å². The summed E-state index contributed by atoms with van der Waals surface area (Å²) in [6.45, 7) is 2.09. The summed E-state index contributed by atoms with van der Waals surface area (Å²) in [5, 5.41) is 3.10. The van der Waals surface area contributed by atoms with Crippen LogP contribution in [0.2, 0.25) is 0 Å². The van der Waals surface area contributed by atoms with Crippen LogP contribution in [0.3, 0.4) is 0 Å². The van der Waals surface area contributed by atoms with E-state index in [2.05, 4.69) is 12.2 Å². The maximum Gasteiger partial charge on any atom is 0.153 e.